The molecule has 0 saturated heterocycles. The number of pyridine rings is 1. The molecule has 29 heavy (non-hydrogen) atoms. The highest BCUT2D eigenvalue weighted by atomic mass is 32.1. The molecular formula is C19H19N5O4S. The van der Waals surface area contributed by atoms with Crippen molar-refractivity contribution in [2.45, 2.75) is 20.4 Å². The van der Waals surface area contributed by atoms with Gasteiger partial charge in [0.1, 0.15) is 27.7 Å². The van der Waals surface area contributed by atoms with E-state index in [1.54, 1.807) is 19.1 Å². The van der Waals surface area contributed by atoms with E-state index in [0.29, 0.717) is 16.0 Å². The minimum absolute atomic E-state index is 0.0367. The van der Waals surface area contributed by atoms with Crippen LogP contribution in [-0.2, 0) is 20.9 Å². The molecule has 0 atom stereocenters. The number of rotatable bonds is 7. The molecule has 0 bridgehead atoms. The fourth-order valence-corrected chi connectivity index (χ4v) is 3.37. The molecule has 2 heterocycles. The monoisotopic (exact) mass is 413 g/mol. The predicted molar refractivity (Wildman–Crippen MR) is 110 cm³/mol. The van der Waals surface area contributed by atoms with Crippen molar-refractivity contribution in [1.29, 1.82) is 5.26 Å². The molecule has 2 rings (SSSR count). The number of nitrogens with one attached hydrogen (secondary N) is 2. The number of aromatic nitrogens is 2. The lowest BCUT2D eigenvalue weighted by Gasteiger charge is -2.03. The molecule has 0 aromatic carbocycles. The van der Waals surface area contributed by atoms with Gasteiger partial charge in [-0.25, -0.2) is 9.78 Å². The number of thiazole rings is 1. The summed E-state index contributed by atoms with van der Waals surface area (Å²) in [6.07, 6.45) is 4.36. The first-order valence-electron chi connectivity index (χ1n) is 8.53. The molecule has 0 aliphatic heterocycles. The van der Waals surface area contributed by atoms with Gasteiger partial charge in [-0.3, -0.25) is 14.2 Å². The summed E-state index contributed by atoms with van der Waals surface area (Å²) in [5.41, 5.74) is 0.00347. The third-order valence-corrected chi connectivity index (χ3v) is 4.65. The van der Waals surface area contributed by atoms with E-state index in [2.05, 4.69) is 22.2 Å². The SMILES string of the molecule is C=CCOC(=O)/C(C#N)=c1\s/c(=C/Nc2ccnc(NC(C)=O)c2)c(=O)n1CC. The minimum atomic E-state index is -0.815. The van der Waals surface area contributed by atoms with E-state index in [9.17, 15) is 19.6 Å². The molecule has 9 nitrogen and oxygen atoms in total. The van der Waals surface area contributed by atoms with Crippen LogP contribution in [0.2, 0.25) is 0 Å². The number of nitrogens with zero attached hydrogens (tertiary/aromatic N) is 3. The highest BCUT2D eigenvalue weighted by Crippen LogP contribution is 2.11. The maximum absolute atomic E-state index is 12.7. The van der Waals surface area contributed by atoms with Crippen LogP contribution in [0.25, 0.3) is 11.8 Å². The van der Waals surface area contributed by atoms with Crippen molar-refractivity contribution in [3.63, 3.8) is 0 Å². The third kappa shape index (κ3) is 5.40. The van der Waals surface area contributed by atoms with Crippen molar-refractivity contribution >= 4 is 46.5 Å². The fourth-order valence-electron chi connectivity index (χ4n) is 2.30. The van der Waals surface area contributed by atoms with E-state index in [4.69, 9.17) is 4.74 Å². The van der Waals surface area contributed by atoms with Crippen LogP contribution in [0.1, 0.15) is 13.8 Å². The Morgan fingerprint density at radius 2 is 2.24 bits per heavy atom. The van der Waals surface area contributed by atoms with E-state index in [1.165, 1.54) is 30.0 Å². The molecule has 2 aromatic heterocycles. The first-order chi connectivity index (χ1) is 13.9. The molecule has 0 radical (unpaired) electrons. The van der Waals surface area contributed by atoms with Crippen molar-refractivity contribution in [2.75, 3.05) is 17.2 Å². The zero-order valence-corrected chi connectivity index (χ0v) is 16.7. The summed E-state index contributed by atoms with van der Waals surface area (Å²) in [5.74, 6) is -0.710. The summed E-state index contributed by atoms with van der Waals surface area (Å²) < 4.78 is 6.78. The standard InChI is InChI=1S/C19H19N5O4S/c1-4-8-28-19(27)14(10-20)18-24(5-2)17(26)15(29-18)11-22-13-6-7-21-16(9-13)23-12(3)25/h4,6-7,9,11H,1,5,8H2,2-3H3,(H2,21,22,23,25)/b15-11+,18-14-. The zero-order chi connectivity index (χ0) is 21.4. The number of nitriles is 1. The predicted octanol–water partition coefficient (Wildman–Crippen LogP) is 0.537. The summed E-state index contributed by atoms with van der Waals surface area (Å²) in [5, 5.41) is 14.9. The molecular weight excluding hydrogens is 394 g/mol. The minimum Gasteiger partial charge on any atom is -0.457 e. The quantitative estimate of drug-likeness (QED) is 0.501. The highest BCUT2D eigenvalue weighted by molar-refractivity contribution is 7.07. The first-order valence-corrected chi connectivity index (χ1v) is 9.35. The topological polar surface area (TPSA) is 126 Å². The van der Waals surface area contributed by atoms with E-state index >= 15 is 0 Å². The Labute approximate surface area is 170 Å². The lowest BCUT2D eigenvalue weighted by molar-refractivity contribution is -0.135. The van der Waals surface area contributed by atoms with Crippen molar-refractivity contribution in [2.24, 2.45) is 0 Å². The second-order valence-corrected chi connectivity index (χ2v) is 6.63. The van der Waals surface area contributed by atoms with Crippen LogP contribution < -0.4 is 25.4 Å². The Bertz CT molecular complexity index is 1160. The van der Waals surface area contributed by atoms with Gasteiger partial charge in [-0.2, -0.15) is 5.26 Å². The Hall–Kier alpha value is -3.71. The average molecular weight is 413 g/mol. The van der Waals surface area contributed by atoms with Crippen molar-refractivity contribution in [3.05, 3.63) is 50.5 Å². The van der Waals surface area contributed by atoms with Crippen molar-refractivity contribution in [3.8, 4) is 6.07 Å². The van der Waals surface area contributed by atoms with Gasteiger partial charge in [-0.15, -0.1) is 11.3 Å². The Morgan fingerprint density at radius 1 is 1.48 bits per heavy atom. The summed E-state index contributed by atoms with van der Waals surface area (Å²) in [6.45, 7) is 6.81. The lowest BCUT2D eigenvalue weighted by atomic mass is 10.3. The highest BCUT2D eigenvalue weighted by Gasteiger charge is 2.16. The summed E-state index contributed by atoms with van der Waals surface area (Å²) >= 11 is 1.00. The van der Waals surface area contributed by atoms with Crippen LogP contribution >= 0.6 is 11.3 Å². The smallest absolute Gasteiger partial charge is 0.352 e. The van der Waals surface area contributed by atoms with Gasteiger partial charge in [0.15, 0.2) is 5.57 Å². The van der Waals surface area contributed by atoms with Crippen molar-refractivity contribution in [1.82, 2.24) is 9.55 Å². The second kappa shape index (κ2) is 10.0. The third-order valence-electron chi connectivity index (χ3n) is 3.52. The number of anilines is 2. The van der Waals surface area contributed by atoms with Gasteiger partial charge in [-0.1, -0.05) is 12.7 Å². The molecule has 150 valence electrons. The molecule has 0 aliphatic carbocycles. The number of hydrogen-bond acceptors (Lipinski definition) is 8. The van der Waals surface area contributed by atoms with Crippen LogP contribution in [0.5, 0.6) is 0 Å². The van der Waals surface area contributed by atoms with Crippen LogP contribution in [0.3, 0.4) is 0 Å². The number of hydrogen-bond donors (Lipinski definition) is 2. The first kappa shape index (κ1) is 21.6. The lowest BCUT2D eigenvalue weighted by Crippen LogP contribution is -2.32. The fraction of sp³-hybridized carbons (Fsp3) is 0.211. The number of esters is 1. The van der Waals surface area contributed by atoms with Gasteiger partial charge in [0, 0.05) is 37.6 Å². The number of amides is 1. The second-order valence-electron chi connectivity index (χ2n) is 5.59. The van der Waals surface area contributed by atoms with Gasteiger partial charge < -0.3 is 15.4 Å². The molecule has 0 aliphatic rings. The van der Waals surface area contributed by atoms with Crippen LogP contribution in [0, 0.1) is 11.3 Å². The molecule has 2 aromatic rings. The van der Waals surface area contributed by atoms with Gasteiger partial charge in [0.2, 0.25) is 5.91 Å². The van der Waals surface area contributed by atoms with Gasteiger partial charge in [0.25, 0.3) is 5.56 Å². The largest absolute Gasteiger partial charge is 0.457 e. The van der Waals surface area contributed by atoms with E-state index in [0.717, 1.165) is 11.3 Å². The Balaban J connectivity index is 2.48. The number of carbonyl (C=O) groups excluding carboxylic acids is 2. The van der Waals surface area contributed by atoms with Crippen LogP contribution in [-0.4, -0.2) is 28.0 Å². The zero-order valence-electron chi connectivity index (χ0n) is 15.9. The molecule has 0 spiro atoms. The molecule has 10 heteroatoms. The van der Waals surface area contributed by atoms with Crippen molar-refractivity contribution < 1.29 is 14.3 Å². The summed E-state index contributed by atoms with van der Waals surface area (Å²) in [7, 11) is 0. The Morgan fingerprint density at radius 3 is 2.86 bits per heavy atom. The van der Waals surface area contributed by atoms with Crippen LogP contribution in [0.15, 0.2) is 35.8 Å². The van der Waals surface area contributed by atoms with E-state index in [-0.39, 0.29) is 34.9 Å². The molecule has 0 unspecified atom stereocenters. The van der Waals surface area contributed by atoms with Crippen LogP contribution in [0.4, 0.5) is 11.5 Å². The normalized spacial score (nSPS) is 12.0. The molecule has 0 fully saturated rings. The average Bonchev–Trinajstić information content (AvgIpc) is 3.00. The number of carbonyl (C=O) groups is 2. The maximum atomic E-state index is 12.7. The summed E-state index contributed by atoms with van der Waals surface area (Å²) in [4.78, 5) is 39.9. The van der Waals surface area contributed by atoms with E-state index in [1.807, 2.05) is 6.07 Å². The molecule has 1 amide bonds. The summed E-state index contributed by atoms with van der Waals surface area (Å²) in [6, 6.07) is 5.08. The van der Waals surface area contributed by atoms with E-state index < -0.39 is 5.97 Å². The number of ether oxygens (including phenoxy) is 1. The molecule has 2 N–H and O–H groups in total. The Kier molecular flexibility index (Phi) is 7.45. The maximum Gasteiger partial charge on any atom is 0.352 e. The van der Waals surface area contributed by atoms with Gasteiger partial charge in [-0.05, 0) is 13.0 Å². The molecule has 0 saturated carbocycles. The van der Waals surface area contributed by atoms with Gasteiger partial charge >= 0.3 is 5.97 Å². The van der Waals surface area contributed by atoms with Gasteiger partial charge in [0.05, 0.1) is 0 Å².